The van der Waals surface area contributed by atoms with Crippen LogP contribution in [0.3, 0.4) is 0 Å². The van der Waals surface area contributed by atoms with Crippen LogP contribution >= 0.6 is 0 Å². The SMILES string of the molecule is Cc1c(F)cc(-c2ccc(C3CCC(C)CC3)cc2F)c(F)c1F. The first-order valence-corrected chi connectivity index (χ1v) is 8.32. The monoisotopic (exact) mass is 336 g/mol. The van der Waals surface area contributed by atoms with Crippen LogP contribution in [0.2, 0.25) is 0 Å². The topological polar surface area (TPSA) is 0 Å². The van der Waals surface area contributed by atoms with Crippen molar-refractivity contribution in [3.05, 3.63) is 58.7 Å². The average Bonchev–Trinajstić information content (AvgIpc) is 2.57. The predicted molar refractivity (Wildman–Crippen MR) is 86.8 cm³/mol. The summed E-state index contributed by atoms with van der Waals surface area (Å²) in [7, 11) is 0. The Balaban J connectivity index is 1.97. The summed E-state index contributed by atoms with van der Waals surface area (Å²) in [6, 6.07) is 5.41. The molecule has 0 N–H and O–H groups in total. The molecule has 24 heavy (non-hydrogen) atoms. The molecule has 128 valence electrons. The summed E-state index contributed by atoms with van der Waals surface area (Å²) in [5.41, 5.74) is -0.0173. The summed E-state index contributed by atoms with van der Waals surface area (Å²) < 4.78 is 56.1. The van der Waals surface area contributed by atoms with Crippen LogP contribution in [0.15, 0.2) is 24.3 Å². The minimum absolute atomic E-state index is 0.113. The lowest BCUT2D eigenvalue weighted by molar-refractivity contribution is 0.347. The van der Waals surface area contributed by atoms with E-state index in [2.05, 4.69) is 6.92 Å². The van der Waals surface area contributed by atoms with E-state index >= 15 is 0 Å². The van der Waals surface area contributed by atoms with Gasteiger partial charge >= 0.3 is 0 Å². The van der Waals surface area contributed by atoms with Gasteiger partial charge in [-0.2, -0.15) is 0 Å². The fraction of sp³-hybridized carbons (Fsp3) is 0.400. The van der Waals surface area contributed by atoms with E-state index in [4.69, 9.17) is 0 Å². The third-order valence-electron chi connectivity index (χ3n) is 5.16. The fourth-order valence-electron chi connectivity index (χ4n) is 3.48. The molecular formula is C20H20F4. The van der Waals surface area contributed by atoms with Crippen molar-refractivity contribution >= 4 is 0 Å². The molecule has 0 spiro atoms. The van der Waals surface area contributed by atoms with Crippen LogP contribution in [0, 0.1) is 36.1 Å². The number of benzene rings is 2. The van der Waals surface area contributed by atoms with Crippen molar-refractivity contribution in [1.29, 1.82) is 0 Å². The molecule has 4 heteroatoms. The van der Waals surface area contributed by atoms with Crippen molar-refractivity contribution in [3.8, 4) is 11.1 Å². The van der Waals surface area contributed by atoms with Gasteiger partial charge in [0, 0.05) is 16.7 Å². The van der Waals surface area contributed by atoms with Crippen molar-refractivity contribution in [3.63, 3.8) is 0 Å². The smallest absolute Gasteiger partial charge is 0.167 e. The highest BCUT2D eigenvalue weighted by Gasteiger charge is 2.23. The first-order valence-electron chi connectivity index (χ1n) is 8.32. The Labute approximate surface area is 139 Å². The Kier molecular flexibility index (Phi) is 4.66. The van der Waals surface area contributed by atoms with Crippen LogP contribution in [-0.4, -0.2) is 0 Å². The van der Waals surface area contributed by atoms with Crippen molar-refractivity contribution in [2.45, 2.75) is 45.4 Å². The quantitative estimate of drug-likeness (QED) is 0.433. The van der Waals surface area contributed by atoms with E-state index in [1.165, 1.54) is 12.1 Å². The number of hydrogen-bond acceptors (Lipinski definition) is 0. The van der Waals surface area contributed by atoms with Crippen LogP contribution in [-0.2, 0) is 0 Å². The lowest BCUT2D eigenvalue weighted by Crippen LogP contribution is -2.11. The molecule has 1 aliphatic rings. The van der Waals surface area contributed by atoms with Gasteiger partial charge in [-0.1, -0.05) is 31.9 Å². The second kappa shape index (κ2) is 6.58. The van der Waals surface area contributed by atoms with Crippen LogP contribution in [0.4, 0.5) is 17.6 Å². The van der Waals surface area contributed by atoms with Crippen LogP contribution in [0.1, 0.15) is 49.7 Å². The van der Waals surface area contributed by atoms with Crippen LogP contribution in [0.25, 0.3) is 11.1 Å². The lowest BCUT2D eigenvalue weighted by Gasteiger charge is -2.26. The average molecular weight is 336 g/mol. The predicted octanol–water partition coefficient (Wildman–Crippen LogP) is 6.51. The van der Waals surface area contributed by atoms with Gasteiger partial charge in [0.2, 0.25) is 0 Å². The molecule has 3 rings (SSSR count). The van der Waals surface area contributed by atoms with Gasteiger partial charge in [0.15, 0.2) is 11.6 Å². The minimum atomic E-state index is -1.27. The number of hydrogen-bond donors (Lipinski definition) is 0. The molecule has 1 aliphatic carbocycles. The number of rotatable bonds is 2. The third kappa shape index (κ3) is 3.06. The maximum absolute atomic E-state index is 14.5. The second-order valence-electron chi connectivity index (χ2n) is 6.85. The van der Waals surface area contributed by atoms with Crippen LogP contribution in [0.5, 0.6) is 0 Å². The van der Waals surface area contributed by atoms with Gasteiger partial charge in [-0.3, -0.25) is 0 Å². The van der Waals surface area contributed by atoms with Crippen molar-refractivity contribution in [2.75, 3.05) is 0 Å². The molecule has 0 unspecified atom stereocenters. The Hall–Kier alpha value is -1.84. The molecule has 0 atom stereocenters. The zero-order valence-corrected chi connectivity index (χ0v) is 13.8. The van der Waals surface area contributed by atoms with E-state index in [0.717, 1.165) is 44.2 Å². The van der Waals surface area contributed by atoms with E-state index < -0.39 is 28.8 Å². The summed E-state index contributed by atoms with van der Waals surface area (Å²) >= 11 is 0. The van der Waals surface area contributed by atoms with Gasteiger partial charge in [0.05, 0.1) is 0 Å². The second-order valence-corrected chi connectivity index (χ2v) is 6.85. The molecule has 0 radical (unpaired) electrons. The molecule has 0 heterocycles. The van der Waals surface area contributed by atoms with Crippen molar-refractivity contribution < 1.29 is 17.6 Å². The highest BCUT2D eigenvalue weighted by Crippen LogP contribution is 2.37. The molecule has 0 nitrogen and oxygen atoms in total. The molecule has 1 fully saturated rings. The third-order valence-corrected chi connectivity index (χ3v) is 5.16. The van der Waals surface area contributed by atoms with E-state index in [9.17, 15) is 17.6 Å². The summed E-state index contributed by atoms with van der Waals surface area (Å²) in [6.45, 7) is 3.37. The molecular weight excluding hydrogens is 316 g/mol. The van der Waals surface area contributed by atoms with Crippen molar-refractivity contribution in [2.24, 2.45) is 5.92 Å². The van der Waals surface area contributed by atoms with Gasteiger partial charge in [0.25, 0.3) is 0 Å². The fourth-order valence-corrected chi connectivity index (χ4v) is 3.48. The van der Waals surface area contributed by atoms with Gasteiger partial charge < -0.3 is 0 Å². The molecule has 0 bridgehead atoms. The zero-order valence-electron chi connectivity index (χ0n) is 13.8. The Morgan fingerprint density at radius 2 is 1.46 bits per heavy atom. The molecule has 1 saturated carbocycles. The first kappa shape index (κ1) is 17.0. The molecule has 0 aliphatic heterocycles. The van der Waals surface area contributed by atoms with Gasteiger partial charge in [0.1, 0.15) is 11.6 Å². The summed E-state index contributed by atoms with van der Waals surface area (Å²) in [5, 5.41) is 0. The van der Waals surface area contributed by atoms with E-state index in [1.54, 1.807) is 6.07 Å². The van der Waals surface area contributed by atoms with E-state index in [0.29, 0.717) is 11.8 Å². The zero-order chi connectivity index (χ0) is 17.4. The Morgan fingerprint density at radius 1 is 0.792 bits per heavy atom. The maximum Gasteiger partial charge on any atom is 0.167 e. The lowest BCUT2D eigenvalue weighted by atomic mass is 9.79. The summed E-state index contributed by atoms with van der Waals surface area (Å²) in [4.78, 5) is 0. The summed E-state index contributed by atoms with van der Waals surface area (Å²) in [6.07, 6.45) is 4.22. The van der Waals surface area contributed by atoms with Crippen molar-refractivity contribution in [1.82, 2.24) is 0 Å². The Bertz CT molecular complexity index is 759. The number of halogens is 4. The standard InChI is InChI=1S/C20H20F4/c1-11-3-5-13(6-4-11)14-7-8-15(18(22)9-14)16-10-17(21)12(2)19(23)20(16)24/h7-11,13H,3-6H2,1-2H3. The molecule has 2 aromatic carbocycles. The molecule has 0 saturated heterocycles. The van der Waals surface area contributed by atoms with Gasteiger partial charge in [-0.15, -0.1) is 0 Å². The van der Waals surface area contributed by atoms with Gasteiger partial charge in [-0.25, -0.2) is 17.6 Å². The van der Waals surface area contributed by atoms with Gasteiger partial charge in [-0.05, 0) is 49.3 Å². The molecule has 2 aromatic rings. The Morgan fingerprint density at radius 3 is 2.08 bits per heavy atom. The molecule has 0 aromatic heterocycles. The van der Waals surface area contributed by atoms with Crippen LogP contribution < -0.4 is 0 Å². The van der Waals surface area contributed by atoms with E-state index in [1.807, 2.05) is 0 Å². The first-order chi connectivity index (χ1) is 11.4. The maximum atomic E-state index is 14.5. The highest BCUT2D eigenvalue weighted by molar-refractivity contribution is 5.66. The van der Waals surface area contributed by atoms with E-state index in [-0.39, 0.29) is 11.1 Å². The summed E-state index contributed by atoms with van der Waals surface area (Å²) in [5.74, 6) is -3.03. The molecule has 0 amide bonds. The normalized spacial score (nSPS) is 21.1. The minimum Gasteiger partial charge on any atom is -0.207 e. The largest absolute Gasteiger partial charge is 0.207 e. The highest BCUT2D eigenvalue weighted by atomic mass is 19.2.